The van der Waals surface area contributed by atoms with Crippen molar-refractivity contribution in [3.63, 3.8) is 0 Å². The summed E-state index contributed by atoms with van der Waals surface area (Å²) in [5, 5.41) is 12.2. The Balaban J connectivity index is 1.32. The lowest BCUT2D eigenvalue weighted by Gasteiger charge is -2.37. The number of aromatic nitrogens is 2. The normalized spacial score (nSPS) is 20.9. The standard InChI is InChI=1S/C26H38N8O4/c1-26(2,28)23(36)32-11-13-33(14-12-32)24(37)29-22-8-10-34(25(38)30-22)20-5-3-18(4-6-20)15-31-9-7-21(27)19(16-31)17-35/h3-6,8,10,19,21,35H,7,9,11-17,27-28H2,1-2H3,(H,29,30,37,38)/t19-,21-/m1/s1. The molecule has 6 N–H and O–H groups in total. The molecular weight excluding hydrogens is 488 g/mol. The van der Waals surface area contributed by atoms with E-state index in [-0.39, 0.29) is 36.3 Å². The van der Waals surface area contributed by atoms with Crippen LogP contribution in [0.2, 0.25) is 0 Å². The van der Waals surface area contributed by atoms with E-state index in [9.17, 15) is 19.5 Å². The average Bonchev–Trinajstić information content (AvgIpc) is 2.89. The number of hydrogen-bond donors (Lipinski definition) is 4. The molecule has 0 spiro atoms. The fraction of sp³-hybridized carbons (Fsp3) is 0.538. The van der Waals surface area contributed by atoms with Gasteiger partial charge in [-0.3, -0.25) is 19.6 Å². The van der Waals surface area contributed by atoms with Crippen LogP contribution in [0.15, 0.2) is 41.3 Å². The maximum atomic E-state index is 12.7. The summed E-state index contributed by atoms with van der Waals surface area (Å²) in [6, 6.07) is 8.90. The van der Waals surface area contributed by atoms with E-state index in [1.165, 1.54) is 4.57 Å². The lowest BCUT2D eigenvalue weighted by Crippen LogP contribution is -2.58. The number of hydrogen-bond acceptors (Lipinski definition) is 8. The Bertz CT molecular complexity index is 1180. The molecule has 2 aromatic rings. The van der Waals surface area contributed by atoms with Gasteiger partial charge in [-0.15, -0.1) is 0 Å². The summed E-state index contributed by atoms with van der Waals surface area (Å²) in [5.41, 5.74) is 12.3. The third-order valence-electron chi connectivity index (χ3n) is 7.18. The second-order valence-corrected chi connectivity index (χ2v) is 10.7. The Hall–Kier alpha value is -3.32. The zero-order chi connectivity index (χ0) is 27.4. The number of nitrogens with zero attached hydrogens (tertiary/aromatic N) is 5. The first-order valence-corrected chi connectivity index (χ1v) is 13.0. The van der Waals surface area contributed by atoms with E-state index in [1.54, 1.807) is 35.9 Å². The summed E-state index contributed by atoms with van der Waals surface area (Å²) >= 11 is 0. The molecule has 3 heterocycles. The van der Waals surface area contributed by atoms with Crippen molar-refractivity contribution >= 4 is 17.8 Å². The second-order valence-electron chi connectivity index (χ2n) is 10.7. The first-order chi connectivity index (χ1) is 18.0. The summed E-state index contributed by atoms with van der Waals surface area (Å²) in [4.78, 5) is 47.3. The lowest BCUT2D eigenvalue weighted by molar-refractivity contribution is -0.137. The summed E-state index contributed by atoms with van der Waals surface area (Å²) in [7, 11) is 0. The van der Waals surface area contributed by atoms with Crippen LogP contribution in [0.25, 0.3) is 5.69 Å². The predicted molar refractivity (Wildman–Crippen MR) is 144 cm³/mol. The highest BCUT2D eigenvalue weighted by atomic mass is 16.3. The summed E-state index contributed by atoms with van der Waals surface area (Å²) in [6.07, 6.45) is 2.44. The van der Waals surface area contributed by atoms with Crippen LogP contribution >= 0.6 is 0 Å². The van der Waals surface area contributed by atoms with Gasteiger partial charge in [-0.1, -0.05) is 12.1 Å². The maximum Gasteiger partial charge on any atom is 0.354 e. The molecule has 3 amide bonds. The Morgan fingerprint density at radius 1 is 1.08 bits per heavy atom. The van der Waals surface area contributed by atoms with Gasteiger partial charge in [-0.25, -0.2) is 9.59 Å². The molecule has 1 aromatic carbocycles. The monoisotopic (exact) mass is 526 g/mol. The SMILES string of the molecule is CC(C)(N)C(=O)N1CCN(C(=O)Nc2ccn(-c3ccc(CN4CC[C@@H](N)[C@@H](CO)C4)cc3)c(=O)n2)CC1. The number of piperazine rings is 1. The zero-order valence-corrected chi connectivity index (χ0v) is 22.0. The average molecular weight is 527 g/mol. The van der Waals surface area contributed by atoms with Crippen LogP contribution < -0.4 is 22.5 Å². The molecule has 0 radical (unpaired) electrons. The van der Waals surface area contributed by atoms with E-state index in [4.69, 9.17) is 11.5 Å². The van der Waals surface area contributed by atoms with E-state index in [0.29, 0.717) is 31.9 Å². The largest absolute Gasteiger partial charge is 0.396 e. The molecule has 206 valence electrons. The van der Waals surface area contributed by atoms with Crippen LogP contribution in [0.3, 0.4) is 0 Å². The number of aliphatic hydroxyl groups is 1. The van der Waals surface area contributed by atoms with Gasteiger partial charge in [0.05, 0.1) is 11.2 Å². The highest BCUT2D eigenvalue weighted by molar-refractivity contribution is 5.89. The van der Waals surface area contributed by atoms with Crippen LogP contribution in [0.4, 0.5) is 10.6 Å². The summed E-state index contributed by atoms with van der Waals surface area (Å²) < 4.78 is 1.42. The molecule has 4 rings (SSSR count). The number of likely N-dealkylation sites (tertiary alicyclic amines) is 1. The topological polar surface area (TPSA) is 163 Å². The Labute approximate surface area is 222 Å². The third kappa shape index (κ3) is 6.57. The molecule has 0 bridgehead atoms. The number of piperidine rings is 1. The highest BCUT2D eigenvalue weighted by Crippen LogP contribution is 2.18. The minimum Gasteiger partial charge on any atom is -0.396 e. The number of carbonyl (C=O) groups is 2. The van der Waals surface area contributed by atoms with Crippen molar-refractivity contribution in [3.8, 4) is 5.69 Å². The van der Waals surface area contributed by atoms with E-state index in [0.717, 1.165) is 31.6 Å². The van der Waals surface area contributed by atoms with E-state index in [2.05, 4.69) is 15.2 Å². The molecule has 0 unspecified atom stereocenters. The minimum absolute atomic E-state index is 0.0376. The van der Waals surface area contributed by atoms with Gasteiger partial charge in [0.15, 0.2) is 0 Å². The zero-order valence-electron chi connectivity index (χ0n) is 22.0. The summed E-state index contributed by atoms with van der Waals surface area (Å²) in [5.74, 6) is 0.0997. The molecule has 0 saturated carbocycles. The number of rotatable bonds is 6. The molecule has 2 saturated heterocycles. The Kier molecular flexibility index (Phi) is 8.46. The number of carbonyl (C=O) groups excluding carboxylic acids is 2. The highest BCUT2D eigenvalue weighted by Gasteiger charge is 2.31. The third-order valence-corrected chi connectivity index (χ3v) is 7.18. The van der Waals surface area contributed by atoms with Crippen LogP contribution in [0.1, 0.15) is 25.8 Å². The van der Waals surface area contributed by atoms with Gasteiger partial charge < -0.3 is 26.4 Å². The van der Waals surface area contributed by atoms with Gasteiger partial charge in [0.2, 0.25) is 5.91 Å². The minimum atomic E-state index is -0.954. The van der Waals surface area contributed by atoms with Crippen molar-refractivity contribution in [1.82, 2.24) is 24.3 Å². The predicted octanol–water partition coefficient (Wildman–Crippen LogP) is -0.213. The van der Waals surface area contributed by atoms with Crippen LogP contribution in [-0.2, 0) is 11.3 Å². The molecule has 2 fully saturated rings. The molecule has 12 nitrogen and oxygen atoms in total. The molecule has 2 atom stereocenters. The number of nitrogens with one attached hydrogen (secondary N) is 1. The molecule has 2 aliphatic heterocycles. The van der Waals surface area contributed by atoms with Gasteiger partial charge in [0.25, 0.3) is 0 Å². The van der Waals surface area contributed by atoms with Gasteiger partial charge >= 0.3 is 11.7 Å². The molecule has 12 heteroatoms. The van der Waals surface area contributed by atoms with Crippen molar-refractivity contribution < 1.29 is 14.7 Å². The fourth-order valence-electron chi connectivity index (χ4n) is 4.86. The summed E-state index contributed by atoms with van der Waals surface area (Å²) in [6.45, 7) is 7.32. The number of aliphatic hydroxyl groups excluding tert-OH is 1. The van der Waals surface area contributed by atoms with Crippen LogP contribution in [0, 0.1) is 5.92 Å². The second kappa shape index (κ2) is 11.6. The van der Waals surface area contributed by atoms with Crippen molar-refractivity contribution in [2.45, 2.75) is 38.4 Å². The van der Waals surface area contributed by atoms with Crippen molar-refractivity contribution in [1.29, 1.82) is 0 Å². The Morgan fingerprint density at radius 3 is 2.34 bits per heavy atom. The Morgan fingerprint density at radius 2 is 1.74 bits per heavy atom. The first kappa shape index (κ1) is 27.7. The number of urea groups is 1. The number of anilines is 1. The van der Waals surface area contributed by atoms with Gasteiger partial charge in [0.1, 0.15) is 5.82 Å². The van der Waals surface area contributed by atoms with Crippen LogP contribution in [-0.4, -0.2) is 98.8 Å². The molecule has 1 aromatic heterocycles. The van der Waals surface area contributed by atoms with Gasteiger partial charge in [-0.2, -0.15) is 4.98 Å². The molecule has 0 aliphatic carbocycles. The number of nitrogens with two attached hydrogens (primary N) is 2. The van der Waals surface area contributed by atoms with E-state index < -0.39 is 11.2 Å². The number of benzene rings is 1. The van der Waals surface area contributed by atoms with Gasteiger partial charge in [-0.05, 0) is 50.6 Å². The van der Waals surface area contributed by atoms with Crippen molar-refractivity contribution in [3.05, 3.63) is 52.6 Å². The maximum absolute atomic E-state index is 12.7. The first-order valence-electron chi connectivity index (χ1n) is 13.0. The molecule has 2 aliphatic rings. The molecular formula is C26H38N8O4. The van der Waals surface area contributed by atoms with Gasteiger partial charge in [0, 0.05) is 64.0 Å². The number of amides is 3. The van der Waals surface area contributed by atoms with E-state index in [1.807, 2.05) is 24.3 Å². The van der Waals surface area contributed by atoms with Crippen LogP contribution in [0.5, 0.6) is 0 Å². The quantitative estimate of drug-likeness (QED) is 0.402. The van der Waals surface area contributed by atoms with Crippen molar-refractivity contribution in [2.24, 2.45) is 17.4 Å². The molecule has 38 heavy (non-hydrogen) atoms. The lowest BCUT2D eigenvalue weighted by atomic mass is 9.93. The van der Waals surface area contributed by atoms with E-state index >= 15 is 0 Å². The smallest absolute Gasteiger partial charge is 0.354 e. The fourth-order valence-corrected chi connectivity index (χ4v) is 4.86. The van der Waals surface area contributed by atoms with Crippen molar-refractivity contribution in [2.75, 3.05) is 51.2 Å².